The fourth-order valence-corrected chi connectivity index (χ4v) is 3.88. The number of likely N-dealkylation sites (tertiary alicyclic amines) is 1. The van der Waals surface area contributed by atoms with Crippen molar-refractivity contribution >= 4 is 17.2 Å². The highest BCUT2D eigenvalue weighted by molar-refractivity contribution is 7.09. The number of halogens is 1. The Hall–Kier alpha value is -1.75. The number of benzene rings is 1. The molecule has 0 bridgehead atoms. The van der Waals surface area contributed by atoms with Crippen LogP contribution in [-0.4, -0.2) is 28.9 Å². The Morgan fingerprint density at radius 1 is 1.26 bits per heavy atom. The largest absolute Gasteiger partial charge is 0.343 e. The molecule has 0 spiro atoms. The van der Waals surface area contributed by atoms with Gasteiger partial charge in [0.15, 0.2) is 0 Å². The van der Waals surface area contributed by atoms with E-state index in [1.165, 1.54) is 17.1 Å². The molecule has 0 N–H and O–H groups in total. The molecule has 1 aliphatic heterocycles. The van der Waals surface area contributed by atoms with Gasteiger partial charge in [0, 0.05) is 37.0 Å². The first-order chi connectivity index (χ1) is 11.2. The maximum atomic E-state index is 12.8. The molecule has 3 rings (SSSR count). The van der Waals surface area contributed by atoms with Crippen LogP contribution in [0.4, 0.5) is 4.39 Å². The Labute approximate surface area is 140 Å². The van der Waals surface area contributed by atoms with E-state index in [-0.39, 0.29) is 11.7 Å². The lowest BCUT2D eigenvalue weighted by molar-refractivity contribution is -0.132. The van der Waals surface area contributed by atoms with Gasteiger partial charge in [0.25, 0.3) is 0 Å². The second-order valence-electron chi connectivity index (χ2n) is 6.01. The van der Waals surface area contributed by atoms with Gasteiger partial charge in [0.1, 0.15) is 5.82 Å². The van der Waals surface area contributed by atoms with Crippen LogP contribution < -0.4 is 0 Å². The van der Waals surface area contributed by atoms with Crippen LogP contribution in [0.2, 0.25) is 0 Å². The summed E-state index contributed by atoms with van der Waals surface area (Å²) in [5.41, 5.74) is 1.08. The molecule has 0 saturated carbocycles. The number of piperidine rings is 1. The second-order valence-corrected chi connectivity index (χ2v) is 6.93. The van der Waals surface area contributed by atoms with Crippen molar-refractivity contribution in [1.29, 1.82) is 0 Å². The maximum Gasteiger partial charge on any atom is 0.222 e. The monoisotopic (exact) mass is 332 g/mol. The van der Waals surface area contributed by atoms with Crippen LogP contribution in [0.5, 0.6) is 0 Å². The Bertz CT molecular complexity index is 619. The van der Waals surface area contributed by atoms with Gasteiger partial charge in [-0.05, 0) is 43.4 Å². The van der Waals surface area contributed by atoms with Crippen LogP contribution in [-0.2, 0) is 11.2 Å². The van der Waals surface area contributed by atoms with Gasteiger partial charge in [-0.3, -0.25) is 4.79 Å². The van der Waals surface area contributed by atoms with E-state index >= 15 is 0 Å². The number of carbonyl (C=O) groups is 1. The Balaban J connectivity index is 1.40. The molecule has 0 radical (unpaired) electrons. The van der Waals surface area contributed by atoms with Crippen LogP contribution in [0.1, 0.15) is 42.2 Å². The highest BCUT2D eigenvalue weighted by Crippen LogP contribution is 2.29. The van der Waals surface area contributed by atoms with E-state index in [9.17, 15) is 9.18 Å². The number of rotatable bonds is 5. The number of aromatic nitrogens is 1. The molecule has 3 nitrogen and oxygen atoms in total. The van der Waals surface area contributed by atoms with E-state index in [0.717, 1.165) is 44.3 Å². The quantitative estimate of drug-likeness (QED) is 0.829. The van der Waals surface area contributed by atoms with Crippen molar-refractivity contribution in [3.8, 4) is 0 Å². The normalized spacial score (nSPS) is 15.8. The van der Waals surface area contributed by atoms with E-state index < -0.39 is 0 Å². The highest BCUT2D eigenvalue weighted by atomic mass is 32.1. The average Bonchev–Trinajstić information content (AvgIpc) is 3.11. The van der Waals surface area contributed by atoms with Crippen molar-refractivity contribution in [3.63, 3.8) is 0 Å². The van der Waals surface area contributed by atoms with E-state index in [1.54, 1.807) is 23.5 Å². The van der Waals surface area contributed by atoms with Gasteiger partial charge in [-0.15, -0.1) is 11.3 Å². The third-order valence-electron chi connectivity index (χ3n) is 4.42. The minimum Gasteiger partial charge on any atom is -0.343 e. The minimum absolute atomic E-state index is 0.215. The lowest BCUT2D eigenvalue weighted by Gasteiger charge is -2.31. The Kier molecular flexibility index (Phi) is 5.39. The van der Waals surface area contributed by atoms with Crippen LogP contribution in [0.3, 0.4) is 0 Å². The third kappa shape index (κ3) is 4.38. The summed E-state index contributed by atoms with van der Waals surface area (Å²) >= 11 is 1.71. The summed E-state index contributed by atoms with van der Waals surface area (Å²) < 4.78 is 12.8. The topological polar surface area (TPSA) is 33.2 Å². The second kappa shape index (κ2) is 7.68. The van der Waals surface area contributed by atoms with Crippen LogP contribution in [0.15, 0.2) is 35.8 Å². The first-order valence-corrected chi connectivity index (χ1v) is 9.02. The number of nitrogens with zero attached hydrogens (tertiary/aromatic N) is 2. The number of aryl methyl sites for hydroxylation is 1. The predicted octanol–water partition coefficient (Wildman–Crippen LogP) is 4.01. The van der Waals surface area contributed by atoms with Gasteiger partial charge in [0.2, 0.25) is 5.91 Å². The smallest absolute Gasteiger partial charge is 0.222 e. The van der Waals surface area contributed by atoms with Crippen molar-refractivity contribution in [2.75, 3.05) is 13.1 Å². The maximum absolute atomic E-state index is 12.8. The minimum atomic E-state index is -0.215. The zero-order chi connectivity index (χ0) is 16.1. The molecule has 1 fully saturated rings. The number of carbonyl (C=O) groups excluding carboxylic acids is 1. The molecule has 0 unspecified atom stereocenters. The van der Waals surface area contributed by atoms with Gasteiger partial charge < -0.3 is 4.90 Å². The molecule has 1 saturated heterocycles. The molecule has 5 heteroatoms. The molecule has 0 aliphatic carbocycles. The summed E-state index contributed by atoms with van der Waals surface area (Å²) in [5.74, 6) is 0.538. The first-order valence-electron chi connectivity index (χ1n) is 8.14. The van der Waals surface area contributed by atoms with Crippen LogP contribution in [0.25, 0.3) is 0 Å². The molecule has 2 aromatic rings. The Morgan fingerprint density at radius 2 is 2.00 bits per heavy atom. The molecule has 23 heavy (non-hydrogen) atoms. The average molecular weight is 332 g/mol. The van der Waals surface area contributed by atoms with E-state index in [2.05, 4.69) is 4.98 Å². The van der Waals surface area contributed by atoms with Crippen molar-refractivity contribution < 1.29 is 9.18 Å². The van der Waals surface area contributed by atoms with E-state index in [0.29, 0.717) is 12.3 Å². The van der Waals surface area contributed by atoms with Gasteiger partial charge >= 0.3 is 0 Å². The lowest BCUT2D eigenvalue weighted by Crippen LogP contribution is -2.37. The number of thiazole rings is 1. The highest BCUT2D eigenvalue weighted by Gasteiger charge is 2.24. The number of hydrogen-bond acceptors (Lipinski definition) is 3. The fraction of sp³-hybridized carbons (Fsp3) is 0.444. The van der Waals surface area contributed by atoms with Crippen molar-refractivity contribution in [3.05, 3.63) is 52.2 Å². The first kappa shape index (κ1) is 16.1. The summed E-state index contributed by atoms with van der Waals surface area (Å²) in [6, 6.07) is 6.53. The van der Waals surface area contributed by atoms with E-state index in [1.807, 2.05) is 16.5 Å². The number of amides is 1. The summed E-state index contributed by atoms with van der Waals surface area (Å²) in [4.78, 5) is 18.7. The van der Waals surface area contributed by atoms with Gasteiger partial charge in [-0.25, -0.2) is 9.37 Å². The molecule has 122 valence electrons. The number of hydrogen-bond donors (Lipinski definition) is 0. The fourth-order valence-electron chi connectivity index (χ4n) is 3.06. The third-order valence-corrected chi connectivity index (χ3v) is 5.36. The van der Waals surface area contributed by atoms with E-state index in [4.69, 9.17) is 0 Å². The molecular formula is C18H21FN2OS. The SMILES string of the molecule is O=C(CCCc1ccc(F)cc1)N1CCC(c2nccs2)CC1. The molecule has 0 atom stereocenters. The molecule has 2 heterocycles. The van der Waals surface area contributed by atoms with Crippen LogP contribution >= 0.6 is 11.3 Å². The Morgan fingerprint density at radius 3 is 2.65 bits per heavy atom. The van der Waals surface area contributed by atoms with Crippen LogP contribution in [0, 0.1) is 5.82 Å². The van der Waals surface area contributed by atoms with Crippen molar-refractivity contribution in [2.24, 2.45) is 0 Å². The van der Waals surface area contributed by atoms with Crippen molar-refractivity contribution in [2.45, 2.75) is 38.0 Å². The zero-order valence-electron chi connectivity index (χ0n) is 13.1. The molecule has 1 amide bonds. The molecule has 1 aromatic heterocycles. The van der Waals surface area contributed by atoms with Gasteiger partial charge in [-0.1, -0.05) is 12.1 Å². The van der Waals surface area contributed by atoms with Gasteiger partial charge in [0.05, 0.1) is 5.01 Å². The van der Waals surface area contributed by atoms with Crippen molar-refractivity contribution in [1.82, 2.24) is 9.88 Å². The lowest BCUT2D eigenvalue weighted by atomic mass is 9.97. The molecular weight excluding hydrogens is 311 g/mol. The molecule has 1 aromatic carbocycles. The summed E-state index contributed by atoms with van der Waals surface area (Å²) in [7, 11) is 0. The molecule has 1 aliphatic rings. The predicted molar refractivity (Wildman–Crippen MR) is 90.0 cm³/mol. The summed E-state index contributed by atoms with van der Waals surface area (Å²) in [6.45, 7) is 1.67. The summed E-state index contributed by atoms with van der Waals surface area (Å²) in [6.07, 6.45) is 6.08. The summed E-state index contributed by atoms with van der Waals surface area (Å²) in [5, 5.41) is 3.22. The van der Waals surface area contributed by atoms with Gasteiger partial charge in [-0.2, -0.15) is 0 Å². The standard InChI is InChI=1S/C18H21FN2OS/c19-16-6-4-14(5-7-16)2-1-3-17(22)21-11-8-15(9-12-21)18-20-10-13-23-18/h4-7,10,13,15H,1-3,8-9,11-12H2. The zero-order valence-corrected chi connectivity index (χ0v) is 13.9.